The van der Waals surface area contributed by atoms with E-state index in [4.69, 9.17) is 14.0 Å². The van der Waals surface area contributed by atoms with Crippen LogP contribution in [-0.4, -0.2) is 44.7 Å². The number of methoxy groups -OCH3 is 1. The predicted octanol–water partition coefficient (Wildman–Crippen LogP) is 4.71. The second-order valence-electron chi connectivity index (χ2n) is 7.69. The largest absolute Gasteiger partial charge is 0.497 e. The first-order chi connectivity index (χ1) is 15.2. The van der Waals surface area contributed by atoms with E-state index in [0.717, 1.165) is 73.4 Å². The van der Waals surface area contributed by atoms with Crippen LogP contribution in [0.1, 0.15) is 56.5 Å². The summed E-state index contributed by atoms with van der Waals surface area (Å²) in [6.07, 6.45) is 5.31. The Balaban J connectivity index is 1.57. The molecule has 0 spiro atoms. The molecule has 1 aliphatic heterocycles. The van der Waals surface area contributed by atoms with E-state index in [1.807, 2.05) is 24.3 Å². The van der Waals surface area contributed by atoms with Crippen molar-refractivity contribution in [3.05, 3.63) is 36.0 Å². The van der Waals surface area contributed by atoms with Crippen LogP contribution in [0.4, 0.5) is 0 Å². The summed E-state index contributed by atoms with van der Waals surface area (Å²) in [5.41, 5.74) is 0.991. The molecule has 4 rings (SSSR count). The van der Waals surface area contributed by atoms with E-state index in [1.54, 1.807) is 18.9 Å². The number of benzene rings is 1. The number of thioether (sulfide) groups is 1. The molecule has 3 aromatic rings. The van der Waals surface area contributed by atoms with Crippen LogP contribution in [0.5, 0.6) is 5.75 Å². The first-order valence-electron chi connectivity index (χ1n) is 10.9. The molecule has 0 bridgehead atoms. The molecule has 1 aromatic carbocycles. The van der Waals surface area contributed by atoms with Crippen molar-refractivity contribution in [1.29, 1.82) is 0 Å². The highest BCUT2D eigenvalue weighted by Crippen LogP contribution is 2.35. The van der Waals surface area contributed by atoms with Crippen molar-refractivity contribution in [2.75, 3.05) is 13.7 Å². The van der Waals surface area contributed by atoms with Crippen LogP contribution in [0.15, 0.2) is 33.9 Å². The Kier molecular flexibility index (Phi) is 7.24. The molecule has 0 saturated carbocycles. The van der Waals surface area contributed by atoms with E-state index in [2.05, 4.69) is 38.8 Å². The van der Waals surface area contributed by atoms with Crippen molar-refractivity contribution in [2.24, 2.45) is 0 Å². The average molecular weight is 444 g/mol. The summed E-state index contributed by atoms with van der Waals surface area (Å²) in [7, 11) is 1.66. The van der Waals surface area contributed by atoms with Gasteiger partial charge in [-0.2, -0.15) is 4.98 Å². The van der Waals surface area contributed by atoms with Crippen molar-refractivity contribution in [3.63, 3.8) is 0 Å². The lowest BCUT2D eigenvalue weighted by Gasteiger charge is -2.15. The Labute approximate surface area is 186 Å². The minimum atomic E-state index is -0.0287. The maximum Gasteiger partial charge on any atom is 0.239 e. The van der Waals surface area contributed by atoms with E-state index in [1.165, 1.54) is 0 Å². The molecule has 0 aliphatic carbocycles. The van der Waals surface area contributed by atoms with Crippen molar-refractivity contribution < 1.29 is 14.0 Å². The van der Waals surface area contributed by atoms with Crippen molar-refractivity contribution in [3.8, 4) is 17.1 Å². The standard InChI is InChI=1S/C22H29N5O3S/c1-4-5-8-19-23-21(30-26-19)15(2)31-22-25-24-20(16-9-11-17(28-3)12-10-16)27(22)14-18-7-6-13-29-18/h9-12,15,18H,4-8,13-14H2,1-3H3/t15-,18+/m0/s1. The first-order valence-corrected chi connectivity index (χ1v) is 11.7. The predicted molar refractivity (Wildman–Crippen MR) is 118 cm³/mol. The Morgan fingerprint density at radius 3 is 2.81 bits per heavy atom. The van der Waals surface area contributed by atoms with E-state index in [9.17, 15) is 0 Å². The van der Waals surface area contributed by atoms with Crippen LogP contribution in [0.3, 0.4) is 0 Å². The number of aryl methyl sites for hydroxylation is 1. The summed E-state index contributed by atoms with van der Waals surface area (Å²) in [4.78, 5) is 4.57. The first kappa shape index (κ1) is 21.8. The second-order valence-corrected chi connectivity index (χ2v) is 9.00. The summed E-state index contributed by atoms with van der Waals surface area (Å²) in [6.45, 7) is 5.74. The van der Waals surface area contributed by atoms with Gasteiger partial charge in [-0.25, -0.2) is 0 Å². The third-order valence-corrected chi connectivity index (χ3v) is 6.41. The molecular formula is C22H29N5O3S. The molecule has 1 fully saturated rings. The summed E-state index contributed by atoms with van der Waals surface area (Å²) in [6, 6.07) is 7.88. The van der Waals surface area contributed by atoms with Crippen molar-refractivity contribution in [1.82, 2.24) is 24.9 Å². The van der Waals surface area contributed by atoms with Gasteiger partial charge in [0.25, 0.3) is 0 Å². The monoisotopic (exact) mass is 443 g/mol. The van der Waals surface area contributed by atoms with E-state index < -0.39 is 0 Å². The van der Waals surface area contributed by atoms with E-state index >= 15 is 0 Å². The van der Waals surface area contributed by atoms with Gasteiger partial charge in [0.2, 0.25) is 5.89 Å². The van der Waals surface area contributed by atoms with Crippen LogP contribution in [-0.2, 0) is 17.7 Å². The van der Waals surface area contributed by atoms with Crippen LogP contribution in [0.2, 0.25) is 0 Å². The zero-order chi connectivity index (χ0) is 21.6. The third-order valence-electron chi connectivity index (χ3n) is 5.34. The van der Waals surface area contributed by atoms with Crippen LogP contribution >= 0.6 is 11.8 Å². The smallest absolute Gasteiger partial charge is 0.239 e. The zero-order valence-electron chi connectivity index (χ0n) is 18.3. The minimum absolute atomic E-state index is 0.0287. The highest BCUT2D eigenvalue weighted by atomic mass is 32.2. The molecule has 0 N–H and O–H groups in total. The van der Waals surface area contributed by atoms with Gasteiger partial charge in [0.15, 0.2) is 16.8 Å². The van der Waals surface area contributed by atoms with Gasteiger partial charge in [0.1, 0.15) is 5.75 Å². The van der Waals surface area contributed by atoms with E-state index in [0.29, 0.717) is 5.89 Å². The molecule has 1 aliphatic rings. The Morgan fingerprint density at radius 1 is 1.26 bits per heavy atom. The van der Waals surface area contributed by atoms with Gasteiger partial charge in [-0.3, -0.25) is 4.57 Å². The van der Waals surface area contributed by atoms with Crippen LogP contribution in [0.25, 0.3) is 11.4 Å². The number of hydrogen-bond acceptors (Lipinski definition) is 8. The molecule has 0 amide bonds. The Bertz CT molecular complexity index is 966. The SMILES string of the molecule is CCCCc1noc([C@H](C)Sc2nnc(-c3ccc(OC)cc3)n2C[C@H]2CCCO2)n1. The van der Waals surface area contributed by atoms with Gasteiger partial charge in [0, 0.05) is 18.6 Å². The van der Waals surface area contributed by atoms with Crippen molar-refractivity contribution >= 4 is 11.8 Å². The fourth-order valence-corrected chi connectivity index (χ4v) is 4.45. The summed E-state index contributed by atoms with van der Waals surface area (Å²) in [5.74, 6) is 3.02. The van der Waals surface area contributed by atoms with Gasteiger partial charge in [-0.05, 0) is 50.5 Å². The zero-order valence-corrected chi connectivity index (χ0v) is 19.1. The number of ether oxygens (including phenoxy) is 2. The molecule has 166 valence electrons. The quantitative estimate of drug-likeness (QED) is 0.416. The summed E-state index contributed by atoms with van der Waals surface area (Å²) < 4.78 is 18.8. The maximum absolute atomic E-state index is 5.89. The topological polar surface area (TPSA) is 88.1 Å². The summed E-state index contributed by atoms with van der Waals surface area (Å²) in [5, 5.41) is 13.9. The van der Waals surface area contributed by atoms with Crippen molar-refractivity contribution in [2.45, 2.75) is 69.0 Å². The van der Waals surface area contributed by atoms with Crippen LogP contribution in [0, 0.1) is 0 Å². The molecule has 0 unspecified atom stereocenters. The second kappa shape index (κ2) is 10.3. The molecule has 2 aromatic heterocycles. The normalized spacial score (nSPS) is 17.2. The molecule has 31 heavy (non-hydrogen) atoms. The number of rotatable bonds is 10. The fourth-order valence-electron chi connectivity index (χ4n) is 3.56. The molecule has 0 radical (unpaired) electrons. The van der Waals surface area contributed by atoms with E-state index in [-0.39, 0.29) is 11.4 Å². The number of aromatic nitrogens is 5. The molecular weight excluding hydrogens is 414 g/mol. The summed E-state index contributed by atoms with van der Waals surface area (Å²) >= 11 is 1.58. The molecule has 2 atom stereocenters. The lowest BCUT2D eigenvalue weighted by molar-refractivity contribution is 0.0953. The fraction of sp³-hybridized carbons (Fsp3) is 0.545. The Hall–Kier alpha value is -2.39. The lowest BCUT2D eigenvalue weighted by Crippen LogP contribution is -2.16. The maximum atomic E-state index is 5.89. The van der Waals surface area contributed by atoms with Gasteiger partial charge < -0.3 is 14.0 Å². The molecule has 1 saturated heterocycles. The van der Waals surface area contributed by atoms with Gasteiger partial charge >= 0.3 is 0 Å². The van der Waals surface area contributed by atoms with Gasteiger partial charge in [0.05, 0.1) is 25.0 Å². The minimum Gasteiger partial charge on any atom is -0.497 e. The highest BCUT2D eigenvalue weighted by molar-refractivity contribution is 7.99. The lowest BCUT2D eigenvalue weighted by atomic mass is 10.2. The molecule has 9 heteroatoms. The van der Waals surface area contributed by atoms with Crippen LogP contribution < -0.4 is 4.74 Å². The van der Waals surface area contributed by atoms with Gasteiger partial charge in [-0.15, -0.1) is 10.2 Å². The average Bonchev–Trinajstić information content (AvgIpc) is 3.55. The molecule has 3 heterocycles. The van der Waals surface area contributed by atoms with Gasteiger partial charge in [-0.1, -0.05) is 30.3 Å². The Morgan fingerprint density at radius 2 is 2.10 bits per heavy atom. The highest BCUT2D eigenvalue weighted by Gasteiger charge is 2.25. The number of hydrogen-bond donors (Lipinski definition) is 0. The number of nitrogens with zero attached hydrogens (tertiary/aromatic N) is 5. The molecule has 8 nitrogen and oxygen atoms in total. The number of unbranched alkanes of at least 4 members (excludes halogenated alkanes) is 1. The third kappa shape index (κ3) is 5.27.